The van der Waals surface area contributed by atoms with Crippen molar-refractivity contribution in [2.24, 2.45) is 28.6 Å². The number of hydrogen-bond donors (Lipinski definition) is 1. The monoisotopic (exact) mass is 651 g/mol. The van der Waals surface area contributed by atoms with Gasteiger partial charge in [0.15, 0.2) is 0 Å². The first kappa shape index (κ1) is 40.6. The van der Waals surface area contributed by atoms with Gasteiger partial charge in [0.1, 0.15) is 0 Å². The van der Waals surface area contributed by atoms with Crippen LogP contribution in [0.15, 0.2) is 47.2 Å². The lowest BCUT2D eigenvalue weighted by molar-refractivity contribution is 0.200. The maximum absolute atomic E-state index is 4.78. The van der Waals surface area contributed by atoms with Crippen molar-refractivity contribution >= 4 is 11.8 Å². The maximum Gasteiger partial charge on any atom is 0.0323 e. The summed E-state index contributed by atoms with van der Waals surface area (Å²) < 4.78 is 0. The Morgan fingerprint density at radius 1 is 0.935 bits per heavy atom. The average Bonchev–Trinajstić information content (AvgIpc) is 3.48. The van der Waals surface area contributed by atoms with E-state index in [4.69, 9.17) is 13.2 Å². The third kappa shape index (κ3) is 9.55. The molecule has 6 atom stereocenters. The zero-order valence-corrected chi connectivity index (χ0v) is 32.7. The third-order valence-electron chi connectivity index (χ3n) is 12.0. The fraction of sp³-hybridized carbons (Fsp3) is 0.767. The van der Waals surface area contributed by atoms with Gasteiger partial charge in [-0.3, -0.25) is 0 Å². The standard InChI is InChI=1S/C37H60N2S.2C2H6.C2H2/c1-9-29-21-30-23-37(22-29)24-33(37)34(30)38-27(5)32(10-2)35(40-31-16-12-11-13-17-31)25(3)18-19-36(7,8)28(6)39-20-14-15-26(39)4;3*1-2/h26,29-31,33-34,38H,3,5-6,9-24H2,1-2,4,7-8H3;2*1-2H3;1-2H/b35-32-;;;. The second-order valence-electron chi connectivity index (χ2n) is 15.2. The number of fused-ring (bicyclic) bond motifs is 1. The predicted octanol–water partition coefficient (Wildman–Crippen LogP) is 12.7. The summed E-state index contributed by atoms with van der Waals surface area (Å²) in [4.78, 5) is 4.05. The van der Waals surface area contributed by atoms with Crippen LogP contribution in [0.3, 0.4) is 0 Å². The summed E-state index contributed by atoms with van der Waals surface area (Å²) in [5.74, 6) is 2.69. The topological polar surface area (TPSA) is 15.3 Å². The smallest absolute Gasteiger partial charge is 0.0323 e. The van der Waals surface area contributed by atoms with Gasteiger partial charge < -0.3 is 10.2 Å². The second-order valence-corrected chi connectivity index (χ2v) is 16.5. The van der Waals surface area contributed by atoms with Gasteiger partial charge in [-0.05, 0) is 112 Å². The summed E-state index contributed by atoms with van der Waals surface area (Å²) in [5, 5.41) is 4.84. The molecule has 0 radical (unpaired) electrons. The number of nitrogens with one attached hydrogen (secondary N) is 1. The number of allylic oxidation sites excluding steroid dienone is 3. The molecule has 1 aliphatic heterocycles. The Kier molecular flexibility index (Phi) is 16.7. The van der Waals surface area contributed by atoms with E-state index in [1.807, 2.05) is 27.7 Å². The van der Waals surface area contributed by atoms with Crippen LogP contribution in [0.1, 0.15) is 159 Å². The first-order valence-corrected chi connectivity index (χ1v) is 20.3. The summed E-state index contributed by atoms with van der Waals surface area (Å²) in [7, 11) is 0. The maximum atomic E-state index is 4.78. The first-order valence-electron chi connectivity index (χ1n) is 19.4. The molecule has 1 N–H and O–H groups in total. The molecular formula is C43H74N2S. The molecule has 3 heteroatoms. The van der Waals surface area contributed by atoms with E-state index >= 15 is 0 Å². The Hall–Kier alpha value is -1.53. The van der Waals surface area contributed by atoms with Crippen molar-refractivity contribution in [3.05, 3.63) is 47.2 Å². The largest absolute Gasteiger partial charge is 0.382 e. The van der Waals surface area contributed by atoms with Gasteiger partial charge in [0, 0.05) is 45.6 Å². The highest BCUT2D eigenvalue weighted by molar-refractivity contribution is 8.03. The zero-order valence-electron chi connectivity index (χ0n) is 31.9. The fourth-order valence-electron chi connectivity index (χ4n) is 9.22. The molecule has 0 aromatic rings. The van der Waals surface area contributed by atoms with Crippen LogP contribution < -0.4 is 5.32 Å². The molecule has 5 fully saturated rings. The van der Waals surface area contributed by atoms with Crippen molar-refractivity contribution in [2.75, 3.05) is 6.54 Å². The Bertz CT molecular complexity index is 1040. The molecule has 1 saturated heterocycles. The van der Waals surface area contributed by atoms with E-state index in [1.54, 1.807) is 0 Å². The minimum Gasteiger partial charge on any atom is -0.382 e. The highest BCUT2D eigenvalue weighted by Crippen LogP contribution is 2.72. The van der Waals surface area contributed by atoms with Crippen LogP contribution >= 0.6 is 11.8 Å². The van der Waals surface area contributed by atoms with Crippen molar-refractivity contribution < 1.29 is 0 Å². The molecule has 46 heavy (non-hydrogen) atoms. The van der Waals surface area contributed by atoms with E-state index in [9.17, 15) is 0 Å². The fourth-order valence-corrected chi connectivity index (χ4v) is 10.8. The van der Waals surface area contributed by atoms with Crippen LogP contribution in [0, 0.1) is 41.4 Å². The number of thioether (sulfide) groups is 1. The van der Waals surface area contributed by atoms with Gasteiger partial charge >= 0.3 is 0 Å². The molecule has 1 spiro atoms. The van der Waals surface area contributed by atoms with Crippen molar-refractivity contribution in [1.29, 1.82) is 0 Å². The number of hydrogen-bond acceptors (Lipinski definition) is 3. The van der Waals surface area contributed by atoms with Crippen molar-refractivity contribution in [2.45, 2.75) is 176 Å². The third-order valence-corrected chi connectivity index (χ3v) is 13.6. The molecule has 2 nitrogen and oxygen atoms in total. The van der Waals surface area contributed by atoms with Crippen molar-refractivity contribution in [1.82, 2.24) is 10.2 Å². The molecule has 4 aliphatic carbocycles. The van der Waals surface area contributed by atoms with E-state index in [0.29, 0.717) is 17.5 Å². The van der Waals surface area contributed by atoms with Crippen LogP contribution in [-0.4, -0.2) is 28.8 Å². The normalized spacial score (nSPS) is 30.2. The molecule has 0 aromatic carbocycles. The quantitative estimate of drug-likeness (QED) is 0.158. The molecule has 5 aliphatic rings. The number of terminal acetylenes is 1. The molecule has 262 valence electrons. The summed E-state index contributed by atoms with van der Waals surface area (Å²) in [6, 6.07) is 1.27. The highest BCUT2D eigenvalue weighted by atomic mass is 32.2. The molecule has 4 saturated carbocycles. The van der Waals surface area contributed by atoms with Crippen LogP contribution in [-0.2, 0) is 0 Å². The van der Waals surface area contributed by atoms with E-state index in [1.165, 1.54) is 111 Å². The lowest BCUT2D eigenvalue weighted by atomic mass is 9.75. The summed E-state index contributed by atoms with van der Waals surface area (Å²) >= 11 is 2.16. The van der Waals surface area contributed by atoms with Crippen molar-refractivity contribution in [3.63, 3.8) is 0 Å². The minimum atomic E-state index is 0.0846. The van der Waals surface area contributed by atoms with Gasteiger partial charge in [-0.25, -0.2) is 0 Å². The lowest BCUT2D eigenvalue weighted by Gasteiger charge is -2.37. The molecule has 0 aromatic heterocycles. The van der Waals surface area contributed by atoms with Gasteiger partial charge in [0.25, 0.3) is 0 Å². The van der Waals surface area contributed by atoms with Gasteiger partial charge in [-0.1, -0.05) is 101 Å². The van der Waals surface area contributed by atoms with Gasteiger partial charge in [-0.2, -0.15) is 0 Å². The number of rotatable bonds is 13. The Morgan fingerprint density at radius 3 is 2.15 bits per heavy atom. The predicted molar refractivity (Wildman–Crippen MR) is 209 cm³/mol. The molecule has 5 rings (SSSR count). The zero-order chi connectivity index (χ0) is 34.7. The molecular weight excluding hydrogens is 577 g/mol. The van der Waals surface area contributed by atoms with Crippen LogP contribution in [0.2, 0.25) is 0 Å². The van der Waals surface area contributed by atoms with Crippen molar-refractivity contribution in [3.8, 4) is 12.8 Å². The lowest BCUT2D eigenvalue weighted by Crippen LogP contribution is -2.36. The molecule has 0 amide bonds. The van der Waals surface area contributed by atoms with Crippen LogP contribution in [0.5, 0.6) is 0 Å². The van der Waals surface area contributed by atoms with Crippen LogP contribution in [0.25, 0.3) is 0 Å². The Labute approximate surface area is 292 Å². The molecule has 2 bridgehead atoms. The minimum absolute atomic E-state index is 0.0846. The average molecular weight is 651 g/mol. The second kappa shape index (κ2) is 18.9. The van der Waals surface area contributed by atoms with E-state index in [-0.39, 0.29) is 5.41 Å². The summed E-state index contributed by atoms with van der Waals surface area (Å²) in [6.45, 7) is 35.2. The van der Waals surface area contributed by atoms with E-state index < -0.39 is 0 Å². The van der Waals surface area contributed by atoms with Gasteiger partial charge in [-0.15, -0.1) is 24.6 Å². The highest BCUT2D eigenvalue weighted by Gasteiger charge is 2.67. The summed E-state index contributed by atoms with van der Waals surface area (Å²) in [6.07, 6.45) is 27.8. The number of likely N-dealkylation sites (tertiary alicyclic amines) is 1. The first-order chi connectivity index (χ1) is 22.1. The van der Waals surface area contributed by atoms with E-state index in [2.05, 4.69) is 76.0 Å². The van der Waals surface area contributed by atoms with Gasteiger partial charge in [0.2, 0.25) is 0 Å². The Balaban J connectivity index is 0.00000116. The van der Waals surface area contributed by atoms with Gasteiger partial charge in [0.05, 0.1) is 0 Å². The SMILES string of the molecule is C#C.C=C(NC1C2CC(CC)CC3(C2)CC13)/C(CC)=C(\SC1CCCCC1)C(=C)CCC(C)(C)C(=C)N1CCCC1C.CC.CC. The molecule has 6 unspecified atom stereocenters. The van der Waals surface area contributed by atoms with Crippen LogP contribution in [0.4, 0.5) is 0 Å². The van der Waals surface area contributed by atoms with E-state index in [0.717, 1.165) is 42.3 Å². The Morgan fingerprint density at radius 2 is 1.59 bits per heavy atom. The number of nitrogens with zero attached hydrogens (tertiary/aromatic N) is 1. The summed E-state index contributed by atoms with van der Waals surface area (Å²) in [5.41, 5.74) is 6.10. The molecule has 1 heterocycles.